The van der Waals surface area contributed by atoms with Crippen molar-refractivity contribution in [2.75, 3.05) is 0 Å². The second-order valence-corrected chi connectivity index (χ2v) is 16.1. The maximum atomic E-state index is 5.42. The average molecular weight is 477 g/mol. The van der Waals surface area contributed by atoms with Gasteiger partial charge in [-0.05, 0) is 0 Å². The Morgan fingerprint density at radius 2 is 1.62 bits per heavy atom. The van der Waals surface area contributed by atoms with Crippen molar-refractivity contribution < 1.29 is 48.1 Å². The van der Waals surface area contributed by atoms with Crippen LogP contribution < -0.4 is 24.8 Å². The first-order chi connectivity index (χ1) is 10.3. The Hall–Kier alpha value is 0.150. The van der Waals surface area contributed by atoms with E-state index in [9.17, 15) is 0 Å². The van der Waals surface area contributed by atoms with Crippen molar-refractivity contribution in [2.24, 2.45) is 0 Å². The molecule has 0 saturated heterocycles. The van der Waals surface area contributed by atoms with Gasteiger partial charge in [0.05, 0.1) is 0 Å². The molecular formula is C19H23Cl3SiZr-2. The molecule has 0 amide bonds. The van der Waals surface area contributed by atoms with E-state index in [-0.39, 0.29) is 29.6 Å². The van der Waals surface area contributed by atoms with Crippen molar-refractivity contribution in [3.8, 4) is 0 Å². The Balaban J connectivity index is 0. The van der Waals surface area contributed by atoms with Crippen LogP contribution in [0.3, 0.4) is 0 Å². The van der Waals surface area contributed by atoms with Crippen molar-refractivity contribution in [2.45, 2.75) is 34.2 Å². The first kappa shape index (κ1) is 26.4. The summed E-state index contributed by atoms with van der Waals surface area (Å²) >= 11 is 6.92. The van der Waals surface area contributed by atoms with Crippen molar-refractivity contribution >= 4 is 26.6 Å². The Bertz CT molecular complexity index is 687. The van der Waals surface area contributed by atoms with E-state index in [0.717, 1.165) is 0 Å². The Kier molecular flexibility index (Phi) is 14.7. The van der Waals surface area contributed by atoms with E-state index >= 15 is 0 Å². The van der Waals surface area contributed by atoms with Gasteiger partial charge in [-0.3, -0.25) is 0 Å². The van der Waals surface area contributed by atoms with E-state index in [1.165, 1.54) is 56.4 Å². The number of hydrogen-bond donors (Lipinski definition) is 0. The fraction of sp³-hybridized carbons (Fsp3) is 0.263. The standard InChI is InChI=1S/C9H7.C9H13.CH3ClSi.2ClH.Zr/c1-2-5-9-7-3-6-8(9)4-1;1-6-5-7(2)9(4)8(6)3;1-3-2;;;/h1-7H;5H,1-4H3;1H3;2*1H;/q2*-1;;;;+2/p-2. The van der Waals surface area contributed by atoms with Crippen LogP contribution in [0.25, 0.3) is 10.8 Å². The van der Waals surface area contributed by atoms with Gasteiger partial charge in [0.1, 0.15) is 0 Å². The third kappa shape index (κ3) is 9.02. The van der Waals surface area contributed by atoms with Crippen LogP contribution in [0.4, 0.5) is 0 Å². The molecule has 0 aliphatic carbocycles. The molecule has 0 radical (unpaired) electrons. The minimum Gasteiger partial charge on any atom is -1.00 e. The van der Waals surface area contributed by atoms with Gasteiger partial charge in [0.2, 0.25) is 0 Å². The van der Waals surface area contributed by atoms with Gasteiger partial charge in [-0.25, -0.2) is 0 Å². The third-order valence-corrected chi connectivity index (χ3v) is 3.73. The third-order valence-electron chi connectivity index (χ3n) is 3.73. The van der Waals surface area contributed by atoms with Crippen LogP contribution in [0.15, 0.2) is 48.5 Å². The zero-order chi connectivity index (χ0) is 16.7. The van der Waals surface area contributed by atoms with Crippen LogP contribution in [0.5, 0.6) is 0 Å². The maximum Gasteiger partial charge on any atom is -0.0630 e. The molecule has 0 aromatic heterocycles. The van der Waals surface area contributed by atoms with Crippen LogP contribution in [0, 0.1) is 27.7 Å². The number of hydrogen-bond acceptors (Lipinski definition) is 0. The van der Waals surface area contributed by atoms with Gasteiger partial charge >= 0.3 is 45.7 Å². The van der Waals surface area contributed by atoms with Gasteiger partial charge in [-0.15, -0.1) is 29.7 Å². The number of benzene rings is 1. The molecule has 0 atom stereocenters. The summed E-state index contributed by atoms with van der Waals surface area (Å²) in [6.07, 6.45) is 0. The van der Waals surface area contributed by atoms with Crippen molar-refractivity contribution in [1.82, 2.24) is 0 Å². The quantitative estimate of drug-likeness (QED) is 0.245. The maximum absolute atomic E-state index is 5.42. The molecule has 5 heteroatoms. The summed E-state index contributed by atoms with van der Waals surface area (Å²) < 4.78 is -0.317. The van der Waals surface area contributed by atoms with Crippen LogP contribution in [-0.4, -0.2) is 4.74 Å². The van der Waals surface area contributed by atoms with Crippen molar-refractivity contribution in [3.05, 3.63) is 70.8 Å². The molecule has 3 aromatic rings. The summed E-state index contributed by atoms with van der Waals surface area (Å²) in [5.74, 6) is 0. The van der Waals surface area contributed by atoms with Gasteiger partial charge in [0.25, 0.3) is 0 Å². The first-order valence-corrected chi connectivity index (χ1v) is 14.0. The zero-order valence-corrected chi connectivity index (χ0v) is 20.5. The molecule has 0 N–H and O–H groups in total. The van der Waals surface area contributed by atoms with Crippen molar-refractivity contribution in [1.29, 1.82) is 0 Å². The summed E-state index contributed by atoms with van der Waals surface area (Å²) in [7, 11) is 0. The van der Waals surface area contributed by atoms with Crippen LogP contribution in [0.2, 0.25) is 6.55 Å². The molecule has 24 heavy (non-hydrogen) atoms. The molecule has 0 heterocycles. The number of rotatable bonds is 0. The van der Waals surface area contributed by atoms with Gasteiger partial charge in [0, 0.05) is 0 Å². The predicted octanol–water partition coefficient (Wildman–Crippen LogP) is 0.0959. The Morgan fingerprint density at radius 3 is 2.00 bits per heavy atom. The fourth-order valence-electron chi connectivity index (χ4n) is 2.20. The van der Waals surface area contributed by atoms with E-state index in [1.54, 1.807) is 0 Å². The van der Waals surface area contributed by atoms with E-state index < -0.39 is 0 Å². The Labute approximate surface area is 178 Å². The van der Waals surface area contributed by atoms with Gasteiger partial charge in [-0.2, -0.15) is 45.8 Å². The molecule has 0 bridgehead atoms. The van der Waals surface area contributed by atoms with E-state index in [2.05, 4.69) is 82.8 Å². The molecule has 0 nitrogen and oxygen atoms in total. The smallest absolute Gasteiger partial charge is 0.0630 e. The molecular weight excluding hydrogens is 454 g/mol. The number of halogens is 3. The summed E-state index contributed by atoms with van der Waals surface area (Å²) in [5.41, 5.74) is 5.75. The van der Waals surface area contributed by atoms with Gasteiger partial charge in [0.15, 0.2) is 0 Å². The largest absolute Gasteiger partial charge is 1.00 e. The summed E-state index contributed by atoms with van der Waals surface area (Å²) in [4.78, 5) is 0. The SMILES string of the molecule is C[Si](Cl)=[Zr+2].Cc1c[c-](C)c(C)c1C.[Cl-].[Cl-].c1ccc2[cH-]ccc2c1. The summed E-state index contributed by atoms with van der Waals surface area (Å²) in [6, 6.07) is 16.9. The summed E-state index contributed by atoms with van der Waals surface area (Å²) in [5, 5.41) is 2.66. The van der Waals surface area contributed by atoms with E-state index in [1.807, 2.05) is 0 Å². The fourth-order valence-corrected chi connectivity index (χ4v) is 2.20. The van der Waals surface area contributed by atoms with Gasteiger partial charge in [-0.1, -0.05) is 33.8 Å². The second-order valence-electron chi connectivity index (χ2n) is 5.45. The number of aryl methyl sites for hydroxylation is 2. The normalized spacial score (nSPS) is 8.83. The first-order valence-electron chi connectivity index (χ1n) is 7.34. The molecule has 0 spiro atoms. The second kappa shape index (κ2) is 13.4. The van der Waals surface area contributed by atoms with Crippen LogP contribution in [0.1, 0.15) is 22.3 Å². The van der Waals surface area contributed by atoms with Crippen LogP contribution >= 0.6 is 11.1 Å². The molecule has 0 unspecified atom stereocenters. The zero-order valence-electron chi connectivity index (χ0n) is 14.8. The minimum absolute atomic E-state index is 0. The molecule has 0 aliphatic heterocycles. The molecule has 0 fully saturated rings. The average Bonchev–Trinajstić information content (AvgIpc) is 3.01. The molecule has 0 saturated carbocycles. The monoisotopic (exact) mass is 474 g/mol. The van der Waals surface area contributed by atoms with Gasteiger partial charge < -0.3 is 24.8 Å². The summed E-state index contributed by atoms with van der Waals surface area (Å²) in [6.45, 7) is 10.8. The minimum atomic E-state index is -0.317. The predicted molar refractivity (Wildman–Crippen MR) is 98.0 cm³/mol. The number of fused-ring (bicyclic) bond motifs is 1. The molecule has 3 aromatic carbocycles. The topological polar surface area (TPSA) is 0 Å². The molecule has 3 rings (SSSR count). The molecule has 0 aliphatic rings. The Morgan fingerprint density at radius 1 is 1.08 bits per heavy atom. The van der Waals surface area contributed by atoms with E-state index in [0.29, 0.717) is 0 Å². The van der Waals surface area contributed by atoms with E-state index in [4.69, 9.17) is 11.1 Å². The van der Waals surface area contributed by atoms with Crippen molar-refractivity contribution in [3.63, 3.8) is 0 Å². The molecule has 130 valence electrons. The van der Waals surface area contributed by atoms with Crippen LogP contribution in [-0.2, 0) is 23.3 Å².